The summed E-state index contributed by atoms with van der Waals surface area (Å²) in [5.41, 5.74) is 2.89. The molecular formula is C19H15N3O3S. The van der Waals surface area contributed by atoms with Crippen LogP contribution in [-0.2, 0) is 9.59 Å². The predicted octanol–water partition coefficient (Wildman–Crippen LogP) is 3.67. The Bertz CT molecular complexity index is 1060. The van der Waals surface area contributed by atoms with Crippen molar-refractivity contribution in [2.75, 3.05) is 17.2 Å². The molecule has 7 heteroatoms. The van der Waals surface area contributed by atoms with Crippen LogP contribution >= 0.6 is 11.3 Å². The summed E-state index contributed by atoms with van der Waals surface area (Å²) < 4.78 is 6.51. The fourth-order valence-corrected chi connectivity index (χ4v) is 3.62. The Labute approximate surface area is 153 Å². The first-order chi connectivity index (χ1) is 12.6. The number of para-hydroxylation sites is 1. The van der Waals surface area contributed by atoms with Gasteiger partial charge in [-0.2, -0.15) is 0 Å². The van der Waals surface area contributed by atoms with Crippen LogP contribution in [-0.4, -0.2) is 23.4 Å². The fraction of sp³-hybridized carbons (Fsp3) is 0.105. The summed E-state index contributed by atoms with van der Waals surface area (Å²) in [5, 5.41) is 6.10. The third-order valence-corrected chi connectivity index (χ3v) is 4.79. The highest BCUT2D eigenvalue weighted by Gasteiger charge is 2.17. The standard InChI is InChI=1S/C19H15N3O3S/c1-11(23)20-19-22-15-7-6-14(9-17(15)26-19)21-18(24)13-8-12-4-2-3-5-16(12)25-10-13/h2-9H,10H2,1H3,(H,21,24)(H,20,22,23). The van der Waals surface area contributed by atoms with E-state index in [0.717, 1.165) is 21.5 Å². The lowest BCUT2D eigenvalue weighted by atomic mass is 10.1. The largest absolute Gasteiger partial charge is 0.488 e. The molecule has 2 amide bonds. The second-order valence-corrected chi connectivity index (χ2v) is 6.86. The molecule has 0 fully saturated rings. The lowest BCUT2D eigenvalue weighted by Gasteiger charge is -2.17. The van der Waals surface area contributed by atoms with Crippen LogP contribution in [0.25, 0.3) is 16.3 Å². The van der Waals surface area contributed by atoms with E-state index in [2.05, 4.69) is 15.6 Å². The summed E-state index contributed by atoms with van der Waals surface area (Å²) in [6, 6.07) is 13.0. The van der Waals surface area contributed by atoms with E-state index in [1.807, 2.05) is 42.5 Å². The van der Waals surface area contributed by atoms with Crippen LogP contribution in [0.3, 0.4) is 0 Å². The van der Waals surface area contributed by atoms with Gasteiger partial charge in [-0.3, -0.25) is 9.59 Å². The van der Waals surface area contributed by atoms with Gasteiger partial charge in [-0.1, -0.05) is 29.5 Å². The number of fused-ring (bicyclic) bond motifs is 2. The number of rotatable bonds is 3. The molecule has 4 rings (SSSR count). The van der Waals surface area contributed by atoms with Crippen LogP contribution in [0.2, 0.25) is 0 Å². The van der Waals surface area contributed by atoms with Crippen molar-refractivity contribution in [3.63, 3.8) is 0 Å². The average Bonchev–Trinajstić information content (AvgIpc) is 3.02. The molecule has 0 bridgehead atoms. The Balaban J connectivity index is 1.54. The summed E-state index contributed by atoms with van der Waals surface area (Å²) >= 11 is 1.36. The van der Waals surface area contributed by atoms with Gasteiger partial charge >= 0.3 is 0 Å². The maximum atomic E-state index is 12.5. The molecule has 0 radical (unpaired) electrons. The molecule has 26 heavy (non-hydrogen) atoms. The monoisotopic (exact) mass is 365 g/mol. The van der Waals surface area contributed by atoms with Gasteiger partial charge in [-0.15, -0.1) is 0 Å². The van der Waals surface area contributed by atoms with E-state index in [1.165, 1.54) is 18.3 Å². The lowest BCUT2D eigenvalue weighted by Crippen LogP contribution is -2.21. The van der Waals surface area contributed by atoms with Gasteiger partial charge in [-0.05, 0) is 30.3 Å². The molecule has 1 aliphatic heterocycles. The number of benzene rings is 2. The Morgan fingerprint density at radius 1 is 1.15 bits per heavy atom. The smallest absolute Gasteiger partial charge is 0.255 e. The number of hydrogen-bond acceptors (Lipinski definition) is 5. The van der Waals surface area contributed by atoms with E-state index >= 15 is 0 Å². The Kier molecular flexibility index (Phi) is 4.14. The third kappa shape index (κ3) is 3.29. The van der Waals surface area contributed by atoms with Gasteiger partial charge in [0.05, 0.1) is 15.8 Å². The van der Waals surface area contributed by atoms with Crippen LogP contribution in [0.15, 0.2) is 48.0 Å². The van der Waals surface area contributed by atoms with Crippen LogP contribution in [0.4, 0.5) is 10.8 Å². The number of carbonyl (C=O) groups is 2. The van der Waals surface area contributed by atoms with E-state index in [-0.39, 0.29) is 18.4 Å². The second-order valence-electron chi connectivity index (χ2n) is 5.83. The summed E-state index contributed by atoms with van der Waals surface area (Å²) in [6.45, 7) is 1.67. The minimum absolute atomic E-state index is 0.165. The van der Waals surface area contributed by atoms with Gasteiger partial charge in [-0.25, -0.2) is 4.98 Å². The number of nitrogens with zero attached hydrogens (tertiary/aromatic N) is 1. The molecule has 0 spiro atoms. The van der Waals surface area contributed by atoms with Crippen LogP contribution < -0.4 is 15.4 Å². The normalized spacial score (nSPS) is 12.7. The van der Waals surface area contributed by atoms with Gasteiger partial charge < -0.3 is 15.4 Å². The predicted molar refractivity (Wildman–Crippen MR) is 102 cm³/mol. The number of amides is 2. The van der Waals surface area contributed by atoms with Crippen molar-refractivity contribution in [2.24, 2.45) is 0 Å². The molecule has 1 aromatic heterocycles. The van der Waals surface area contributed by atoms with E-state index in [0.29, 0.717) is 16.4 Å². The molecule has 0 atom stereocenters. The summed E-state index contributed by atoms with van der Waals surface area (Å²) in [4.78, 5) is 28.0. The molecule has 3 aromatic rings. The first kappa shape index (κ1) is 16.3. The molecule has 2 heterocycles. The number of carbonyl (C=O) groups excluding carboxylic acids is 2. The first-order valence-electron chi connectivity index (χ1n) is 8.00. The van der Waals surface area contributed by atoms with Crippen LogP contribution in [0.5, 0.6) is 5.75 Å². The SMILES string of the molecule is CC(=O)Nc1nc2ccc(NC(=O)C3=Cc4ccccc4OC3)cc2s1. The summed E-state index contributed by atoms with van der Waals surface area (Å²) in [7, 11) is 0. The van der Waals surface area contributed by atoms with E-state index in [1.54, 1.807) is 6.07 Å². The minimum Gasteiger partial charge on any atom is -0.488 e. The highest BCUT2D eigenvalue weighted by Crippen LogP contribution is 2.29. The Morgan fingerprint density at radius 2 is 2.00 bits per heavy atom. The zero-order chi connectivity index (χ0) is 18.1. The lowest BCUT2D eigenvalue weighted by molar-refractivity contribution is -0.114. The molecule has 2 aromatic carbocycles. The number of thiazole rings is 1. The van der Waals surface area contributed by atoms with Crippen molar-refractivity contribution < 1.29 is 14.3 Å². The van der Waals surface area contributed by atoms with Gasteiger partial charge in [0.2, 0.25) is 5.91 Å². The van der Waals surface area contributed by atoms with E-state index in [9.17, 15) is 9.59 Å². The van der Waals surface area contributed by atoms with Crippen molar-refractivity contribution >= 4 is 50.3 Å². The topological polar surface area (TPSA) is 80.3 Å². The molecule has 0 saturated carbocycles. The van der Waals surface area contributed by atoms with Gasteiger partial charge in [0, 0.05) is 18.2 Å². The van der Waals surface area contributed by atoms with E-state index in [4.69, 9.17) is 4.74 Å². The molecule has 130 valence electrons. The molecular weight excluding hydrogens is 350 g/mol. The van der Waals surface area contributed by atoms with E-state index < -0.39 is 0 Å². The van der Waals surface area contributed by atoms with Crippen molar-refractivity contribution in [3.05, 3.63) is 53.6 Å². The Hall–Kier alpha value is -3.19. The third-order valence-electron chi connectivity index (χ3n) is 3.85. The highest BCUT2D eigenvalue weighted by molar-refractivity contribution is 7.22. The van der Waals surface area contributed by atoms with Crippen LogP contribution in [0, 0.1) is 0 Å². The van der Waals surface area contributed by atoms with Gasteiger partial charge in [0.25, 0.3) is 5.91 Å². The van der Waals surface area contributed by atoms with Crippen LogP contribution in [0.1, 0.15) is 12.5 Å². The molecule has 0 aliphatic carbocycles. The van der Waals surface area contributed by atoms with Crippen molar-refractivity contribution in [1.29, 1.82) is 0 Å². The molecule has 1 aliphatic rings. The van der Waals surface area contributed by atoms with Crippen molar-refractivity contribution in [2.45, 2.75) is 6.92 Å². The van der Waals surface area contributed by atoms with Gasteiger partial charge in [0.1, 0.15) is 12.4 Å². The van der Waals surface area contributed by atoms with Crippen molar-refractivity contribution in [3.8, 4) is 5.75 Å². The zero-order valence-corrected chi connectivity index (χ0v) is 14.7. The fourth-order valence-electron chi connectivity index (χ4n) is 2.66. The molecule has 2 N–H and O–H groups in total. The highest BCUT2D eigenvalue weighted by atomic mass is 32.1. The molecule has 0 saturated heterocycles. The van der Waals surface area contributed by atoms with Crippen molar-refractivity contribution in [1.82, 2.24) is 4.98 Å². The number of ether oxygens (including phenoxy) is 1. The quantitative estimate of drug-likeness (QED) is 0.742. The molecule has 6 nitrogen and oxygen atoms in total. The maximum Gasteiger partial charge on any atom is 0.255 e. The second kappa shape index (κ2) is 6.61. The van der Waals surface area contributed by atoms with Gasteiger partial charge in [0.15, 0.2) is 5.13 Å². The molecule has 0 unspecified atom stereocenters. The average molecular weight is 365 g/mol. The summed E-state index contributed by atoms with van der Waals surface area (Å²) in [6.07, 6.45) is 1.84. The zero-order valence-electron chi connectivity index (χ0n) is 13.9. The first-order valence-corrected chi connectivity index (χ1v) is 8.82. The summed E-state index contributed by atoms with van der Waals surface area (Å²) in [5.74, 6) is 0.410. The minimum atomic E-state index is -0.203. The number of hydrogen-bond donors (Lipinski definition) is 2. The number of anilines is 2. The Morgan fingerprint density at radius 3 is 2.85 bits per heavy atom. The number of nitrogens with one attached hydrogen (secondary N) is 2. The maximum absolute atomic E-state index is 12.5. The number of aromatic nitrogens is 1.